The molecule has 3 rings (SSSR count). The fourth-order valence-electron chi connectivity index (χ4n) is 2.73. The van der Waals surface area contributed by atoms with E-state index in [0.29, 0.717) is 0 Å². The number of amides is 1. The third-order valence-corrected chi connectivity index (χ3v) is 3.91. The molecular weight excluding hydrogens is 378 g/mol. The van der Waals surface area contributed by atoms with Gasteiger partial charge in [-0.15, -0.1) is 0 Å². The zero-order valence-corrected chi connectivity index (χ0v) is 14.7. The number of nitro groups is 1. The van der Waals surface area contributed by atoms with Gasteiger partial charge in [0.25, 0.3) is 5.69 Å². The van der Waals surface area contributed by atoms with Crippen molar-refractivity contribution < 1.29 is 22.9 Å². The normalized spacial score (nSPS) is 10.9. The Labute approximate surface area is 155 Å². The third kappa shape index (κ3) is 3.54. The molecule has 28 heavy (non-hydrogen) atoms. The van der Waals surface area contributed by atoms with Gasteiger partial charge in [-0.05, 0) is 18.2 Å². The lowest BCUT2D eigenvalue weighted by Crippen LogP contribution is -2.25. The Morgan fingerprint density at radius 2 is 1.89 bits per heavy atom. The molecular formula is C17H14F2N4O5. The number of carbonyl (C=O) groups excluding carboxylic acids is 1. The average Bonchev–Trinajstić information content (AvgIpc) is 2.88. The van der Waals surface area contributed by atoms with Gasteiger partial charge in [-0.2, -0.15) is 0 Å². The Balaban J connectivity index is 1.85. The maximum Gasteiger partial charge on any atom is 0.420 e. The van der Waals surface area contributed by atoms with Gasteiger partial charge in [0.05, 0.1) is 16.5 Å². The largest absolute Gasteiger partial charge is 0.420 e. The van der Waals surface area contributed by atoms with Crippen molar-refractivity contribution in [2.24, 2.45) is 0 Å². The predicted molar refractivity (Wildman–Crippen MR) is 96.4 cm³/mol. The number of benzene rings is 2. The number of aromatic nitrogens is 1. The second-order valence-electron chi connectivity index (χ2n) is 6.09. The van der Waals surface area contributed by atoms with Crippen LogP contribution < -0.4 is 16.0 Å². The van der Waals surface area contributed by atoms with E-state index in [0.717, 1.165) is 28.8 Å². The van der Waals surface area contributed by atoms with Crippen molar-refractivity contribution in [3.63, 3.8) is 0 Å². The van der Waals surface area contributed by atoms with Crippen molar-refractivity contribution in [3.8, 4) is 0 Å². The molecule has 0 unspecified atom stereocenters. The number of fused-ring (bicyclic) bond motifs is 1. The van der Waals surface area contributed by atoms with E-state index in [1.54, 1.807) is 0 Å². The van der Waals surface area contributed by atoms with Crippen LogP contribution in [-0.4, -0.2) is 29.5 Å². The van der Waals surface area contributed by atoms with Crippen LogP contribution in [0.15, 0.2) is 39.5 Å². The minimum atomic E-state index is -0.897. The van der Waals surface area contributed by atoms with E-state index >= 15 is 0 Å². The SMILES string of the molecule is CN(C)c1c(F)cc(NC(=O)Cn2c(=O)oc3cc([N+](=O)[O-])ccc32)cc1F. The Kier molecular flexibility index (Phi) is 4.82. The lowest BCUT2D eigenvalue weighted by molar-refractivity contribution is -0.384. The molecule has 0 bridgehead atoms. The number of halogens is 2. The summed E-state index contributed by atoms with van der Waals surface area (Å²) in [5.41, 5.74) is -0.533. The number of carbonyl (C=O) groups is 1. The molecule has 0 aliphatic rings. The molecule has 11 heteroatoms. The van der Waals surface area contributed by atoms with Crippen LogP contribution in [0.4, 0.5) is 25.8 Å². The van der Waals surface area contributed by atoms with Gasteiger partial charge in [0.15, 0.2) is 17.2 Å². The first-order valence-corrected chi connectivity index (χ1v) is 7.91. The second kappa shape index (κ2) is 7.10. The van der Waals surface area contributed by atoms with Crippen LogP contribution >= 0.6 is 0 Å². The highest BCUT2D eigenvalue weighted by Crippen LogP contribution is 2.25. The van der Waals surface area contributed by atoms with Crippen LogP contribution in [0, 0.1) is 21.7 Å². The average molecular weight is 392 g/mol. The Morgan fingerprint density at radius 1 is 1.25 bits per heavy atom. The van der Waals surface area contributed by atoms with Crippen molar-refractivity contribution >= 4 is 34.1 Å². The van der Waals surface area contributed by atoms with Gasteiger partial charge in [-0.1, -0.05) is 0 Å². The third-order valence-electron chi connectivity index (χ3n) is 3.91. The first kappa shape index (κ1) is 19.0. The maximum absolute atomic E-state index is 14.0. The molecule has 0 atom stereocenters. The van der Waals surface area contributed by atoms with Crippen LogP contribution in [0.25, 0.3) is 11.1 Å². The molecule has 1 N–H and O–H groups in total. The van der Waals surface area contributed by atoms with Gasteiger partial charge in [0.1, 0.15) is 12.2 Å². The molecule has 146 valence electrons. The van der Waals surface area contributed by atoms with Crippen molar-refractivity contribution in [1.29, 1.82) is 0 Å². The highest BCUT2D eigenvalue weighted by molar-refractivity contribution is 5.91. The lowest BCUT2D eigenvalue weighted by Gasteiger charge is -2.15. The number of nitrogens with one attached hydrogen (secondary N) is 1. The first-order valence-electron chi connectivity index (χ1n) is 7.91. The standard InChI is InChI=1S/C17H14F2N4O5/c1-21(2)16-11(18)5-9(6-12(16)19)20-15(24)8-22-13-4-3-10(23(26)27)7-14(13)28-17(22)25/h3-7H,8H2,1-2H3,(H,20,24). The van der Waals surface area contributed by atoms with E-state index in [4.69, 9.17) is 4.42 Å². The number of non-ortho nitro benzene ring substituents is 1. The maximum atomic E-state index is 14.0. The number of anilines is 2. The molecule has 2 aromatic carbocycles. The molecule has 1 amide bonds. The topological polar surface area (TPSA) is 111 Å². The van der Waals surface area contributed by atoms with E-state index in [9.17, 15) is 28.5 Å². The zero-order valence-electron chi connectivity index (χ0n) is 14.7. The fraction of sp³-hybridized carbons (Fsp3) is 0.176. The highest BCUT2D eigenvalue weighted by atomic mass is 19.1. The molecule has 0 radical (unpaired) electrons. The monoisotopic (exact) mass is 392 g/mol. The van der Waals surface area contributed by atoms with Crippen molar-refractivity contribution in [1.82, 2.24) is 4.57 Å². The van der Waals surface area contributed by atoms with E-state index < -0.39 is 34.8 Å². The van der Waals surface area contributed by atoms with E-state index in [1.165, 1.54) is 25.1 Å². The van der Waals surface area contributed by atoms with Crippen LogP contribution in [-0.2, 0) is 11.3 Å². The lowest BCUT2D eigenvalue weighted by atomic mass is 10.2. The van der Waals surface area contributed by atoms with Gasteiger partial charge < -0.3 is 14.6 Å². The summed E-state index contributed by atoms with van der Waals surface area (Å²) >= 11 is 0. The summed E-state index contributed by atoms with van der Waals surface area (Å²) in [6.07, 6.45) is 0. The van der Waals surface area contributed by atoms with Gasteiger partial charge >= 0.3 is 5.76 Å². The van der Waals surface area contributed by atoms with Gasteiger partial charge in [-0.25, -0.2) is 13.6 Å². The first-order chi connectivity index (χ1) is 13.2. The number of nitro benzene ring substituents is 1. The molecule has 0 spiro atoms. The summed E-state index contributed by atoms with van der Waals surface area (Å²) in [4.78, 5) is 35.6. The molecule has 9 nitrogen and oxygen atoms in total. The fourth-order valence-corrected chi connectivity index (χ4v) is 2.73. The molecule has 1 heterocycles. The molecule has 0 saturated heterocycles. The predicted octanol–water partition coefficient (Wildman–Crippen LogP) is 2.49. The summed E-state index contributed by atoms with van der Waals surface area (Å²) in [5.74, 6) is -3.36. The summed E-state index contributed by atoms with van der Waals surface area (Å²) in [6.45, 7) is -0.512. The number of hydrogen-bond acceptors (Lipinski definition) is 6. The Morgan fingerprint density at radius 3 is 2.46 bits per heavy atom. The summed E-state index contributed by atoms with van der Waals surface area (Å²) in [6, 6.07) is 5.41. The van der Waals surface area contributed by atoms with Crippen molar-refractivity contribution in [3.05, 3.63) is 62.6 Å². The Hall–Kier alpha value is -3.76. The smallest absolute Gasteiger partial charge is 0.407 e. The summed E-state index contributed by atoms with van der Waals surface area (Å²) < 4.78 is 33.9. The number of rotatable bonds is 5. The van der Waals surface area contributed by atoms with E-state index in [2.05, 4.69) is 5.32 Å². The van der Waals surface area contributed by atoms with E-state index in [1.807, 2.05) is 0 Å². The molecule has 0 aliphatic heterocycles. The molecule has 3 aromatic rings. The van der Waals surface area contributed by atoms with Crippen molar-refractivity contribution in [2.45, 2.75) is 6.54 Å². The van der Waals surface area contributed by atoms with E-state index in [-0.39, 0.29) is 28.2 Å². The Bertz CT molecular complexity index is 1130. The van der Waals surface area contributed by atoms with Gasteiger partial charge in [0, 0.05) is 25.8 Å². The second-order valence-corrected chi connectivity index (χ2v) is 6.09. The minimum absolute atomic E-state index is 0.0561. The van der Waals surface area contributed by atoms with Crippen LogP contribution in [0.2, 0.25) is 0 Å². The van der Waals surface area contributed by atoms with Crippen molar-refractivity contribution in [2.75, 3.05) is 24.3 Å². The summed E-state index contributed by atoms with van der Waals surface area (Å²) in [5, 5.41) is 13.1. The number of nitrogens with zero attached hydrogens (tertiary/aromatic N) is 3. The van der Waals surface area contributed by atoms with Crippen LogP contribution in [0.3, 0.4) is 0 Å². The number of hydrogen-bond donors (Lipinski definition) is 1. The molecule has 1 aromatic heterocycles. The highest BCUT2D eigenvalue weighted by Gasteiger charge is 2.18. The van der Waals surface area contributed by atoms with Gasteiger partial charge in [0.2, 0.25) is 5.91 Å². The van der Waals surface area contributed by atoms with Crippen LogP contribution in [0.5, 0.6) is 0 Å². The molecule has 0 aliphatic carbocycles. The quantitative estimate of drug-likeness (QED) is 0.528. The zero-order chi connectivity index (χ0) is 20.6. The summed E-state index contributed by atoms with van der Waals surface area (Å²) in [7, 11) is 2.95. The van der Waals surface area contributed by atoms with Gasteiger partial charge in [-0.3, -0.25) is 19.5 Å². The number of oxazole rings is 1. The molecule has 0 fully saturated rings. The minimum Gasteiger partial charge on any atom is -0.407 e. The molecule has 0 saturated carbocycles. The van der Waals surface area contributed by atoms with Crippen LogP contribution in [0.1, 0.15) is 0 Å².